The second kappa shape index (κ2) is 9.54. The molecule has 8 heteroatoms. The van der Waals surface area contributed by atoms with E-state index in [4.69, 9.17) is 25.8 Å². The molecule has 30 heavy (non-hydrogen) atoms. The van der Waals surface area contributed by atoms with E-state index in [1.54, 1.807) is 38.1 Å². The number of hydrogen-bond acceptors (Lipinski definition) is 5. The van der Waals surface area contributed by atoms with E-state index in [1.165, 1.54) is 7.11 Å². The first-order chi connectivity index (χ1) is 14.5. The van der Waals surface area contributed by atoms with Crippen LogP contribution in [-0.2, 0) is 16.1 Å². The highest BCUT2D eigenvalue weighted by Gasteiger charge is 2.34. The van der Waals surface area contributed by atoms with Crippen LogP contribution < -0.4 is 20.1 Å². The molecule has 0 saturated carbocycles. The van der Waals surface area contributed by atoms with Crippen LogP contribution in [0.1, 0.15) is 31.0 Å². The van der Waals surface area contributed by atoms with Gasteiger partial charge in [-0.3, -0.25) is 0 Å². The largest absolute Gasteiger partial charge is 0.493 e. The van der Waals surface area contributed by atoms with Crippen molar-refractivity contribution in [3.8, 4) is 11.5 Å². The Kier molecular flexibility index (Phi) is 6.84. The number of urea groups is 1. The molecule has 2 N–H and O–H groups in total. The molecule has 7 nitrogen and oxygen atoms in total. The summed E-state index contributed by atoms with van der Waals surface area (Å²) >= 11 is 6.25. The molecule has 0 saturated heterocycles. The highest BCUT2D eigenvalue weighted by Crippen LogP contribution is 2.40. The van der Waals surface area contributed by atoms with E-state index in [9.17, 15) is 9.59 Å². The van der Waals surface area contributed by atoms with E-state index >= 15 is 0 Å². The minimum absolute atomic E-state index is 0.184. The molecule has 1 aliphatic heterocycles. The third-order valence-electron chi connectivity index (χ3n) is 4.63. The third kappa shape index (κ3) is 4.52. The fourth-order valence-electron chi connectivity index (χ4n) is 3.25. The van der Waals surface area contributed by atoms with Crippen molar-refractivity contribution in [2.24, 2.45) is 0 Å². The van der Waals surface area contributed by atoms with Gasteiger partial charge in [0.1, 0.15) is 6.61 Å². The maximum atomic E-state index is 12.6. The maximum Gasteiger partial charge on any atom is 0.338 e. The summed E-state index contributed by atoms with van der Waals surface area (Å²) in [6.45, 7) is 3.78. The van der Waals surface area contributed by atoms with Crippen LogP contribution in [0, 0.1) is 0 Å². The fraction of sp³-hybridized carbons (Fsp3) is 0.273. The van der Waals surface area contributed by atoms with Gasteiger partial charge in [0, 0.05) is 21.8 Å². The molecule has 0 bridgehead atoms. The van der Waals surface area contributed by atoms with Gasteiger partial charge in [-0.05, 0) is 26.0 Å². The number of carbonyl (C=O) groups is 2. The van der Waals surface area contributed by atoms with Crippen LogP contribution in [0.15, 0.2) is 53.7 Å². The SMILES string of the molecule is CCOC(=O)C1=C(C)NC(=O)N[C@@H]1c1cccc(OC)c1OCc1ccccc1Cl. The van der Waals surface area contributed by atoms with Crippen LogP contribution in [0.25, 0.3) is 0 Å². The van der Waals surface area contributed by atoms with Crippen molar-refractivity contribution in [3.63, 3.8) is 0 Å². The molecule has 0 aliphatic carbocycles. The van der Waals surface area contributed by atoms with Crippen LogP contribution in [0.4, 0.5) is 4.79 Å². The van der Waals surface area contributed by atoms with Gasteiger partial charge >= 0.3 is 12.0 Å². The fourth-order valence-corrected chi connectivity index (χ4v) is 3.44. The molecule has 1 atom stereocenters. The second-order valence-electron chi connectivity index (χ2n) is 6.55. The van der Waals surface area contributed by atoms with Crippen molar-refractivity contribution in [1.29, 1.82) is 0 Å². The molecule has 1 aliphatic rings. The lowest BCUT2D eigenvalue weighted by atomic mass is 9.94. The number of amides is 2. The summed E-state index contributed by atoms with van der Waals surface area (Å²) in [5.41, 5.74) is 2.08. The van der Waals surface area contributed by atoms with E-state index in [1.807, 2.05) is 18.2 Å². The topological polar surface area (TPSA) is 85.9 Å². The zero-order valence-corrected chi connectivity index (χ0v) is 17.7. The van der Waals surface area contributed by atoms with Gasteiger partial charge in [0.15, 0.2) is 11.5 Å². The maximum absolute atomic E-state index is 12.6. The van der Waals surface area contributed by atoms with Gasteiger partial charge in [0.2, 0.25) is 0 Å². The summed E-state index contributed by atoms with van der Waals surface area (Å²) in [5, 5.41) is 5.98. The Morgan fingerprint density at radius 2 is 1.93 bits per heavy atom. The Morgan fingerprint density at radius 3 is 2.63 bits per heavy atom. The van der Waals surface area contributed by atoms with Gasteiger partial charge < -0.3 is 24.8 Å². The summed E-state index contributed by atoms with van der Waals surface area (Å²) in [4.78, 5) is 24.8. The average Bonchev–Trinajstić information content (AvgIpc) is 2.72. The summed E-state index contributed by atoms with van der Waals surface area (Å²) in [7, 11) is 1.52. The van der Waals surface area contributed by atoms with Crippen molar-refractivity contribution >= 4 is 23.6 Å². The number of para-hydroxylation sites is 1. The minimum Gasteiger partial charge on any atom is -0.493 e. The molecule has 2 aromatic rings. The molecule has 1 heterocycles. The van der Waals surface area contributed by atoms with Crippen LogP contribution in [-0.4, -0.2) is 25.7 Å². The quantitative estimate of drug-likeness (QED) is 0.645. The Bertz CT molecular complexity index is 989. The van der Waals surface area contributed by atoms with Gasteiger partial charge in [0.25, 0.3) is 0 Å². The first-order valence-corrected chi connectivity index (χ1v) is 9.82. The van der Waals surface area contributed by atoms with Crippen molar-refractivity contribution < 1.29 is 23.8 Å². The molecule has 2 amide bonds. The highest BCUT2D eigenvalue weighted by atomic mass is 35.5. The normalized spacial score (nSPS) is 15.9. The van der Waals surface area contributed by atoms with E-state index in [0.29, 0.717) is 33.4 Å². The summed E-state index contributed by atoms with van der Waals surface area (Å²) in [6.07, 6.45) is 0. The average molecular weight is 431 g/mol. The molecule has 2 aromatic carbocycles. The van der Waals surface area contributed by atoms with Gasteiger partial charge in [-0.1, -0.05) is 41.9 Å². The molecule has 0 unspecified atom stereocenters. The number of nitrogens with one attached hydrogen (secondary N) is 2. The molecule has 0 spiro atoms. The standard InChI is InChI=1S/C22H23ClN2O5/c1-4-29-21(26)18-13(2)24-22(27)25-19(18)15-9-7-11-17(28-3)20(15)30-12-14-8-5-6-10-16(14)23/h5-11,19H,4,12H2,1-3H3,(H2,24,25,27)/t19-/m1/s1. The Labute approximate surface area is 180 Å². The first-order valence-electron chi connectivity index (χ1n) is 9.44. The van der Waals surface area contributed by atoms with Crippen molar-refractivity contribution in [1.82, 2.24) is 10.6 Å². The first kappa shape index (κ1) is 21.5. The predicted octanol–water partition coefficient (Wildman–Crippen LogP) is 4.12. The van der Waals surface area contributed by atoms with Crippen LogP contribution in [0.5, 0.6) is 11.5 Å². The van der Waals surface area contributed by atoms with Crippen LogP contribution >= 0.6 is 11.6 Å². The van der Waals surface area contributed by atoms with Crippen LogP contribution in [0.2, 0.25) is 5.02 Å². The summed E-state index contributed by atoms with van der Waals surface area (Å²) < 4.78 is 16.8. The number of carbonyl (C=O) groups excluding carboxylic acids is 2. The van der Waals surface area contributed by atoms with Gasteiger partial charge in [0.05, 0.1) is 25.3 Å². The highest BCUT2D eigenvalue weighted by molar-refractivity contribution is 6.31. The molecule has 0 aromatic heterocycles. The Morgan fingerprint density at radius 1 is 1.17 bits per heavy atom. The monoisotopic (exact) mass is 430 g/mol. The van der Waals surface area contributed by atoms with Crippen molar-refractivity contribution in [2.45, 2.75) is 26.5 Å². The zero-order chi connectivity index (χ0) is 21.7. The van der Waals surface area contributed by atoms with Crippen LogP contribution in [0.3, 0.4) is 0 Å². The number of allylic oxidation sites excluding steroid dienone is 1. The molecular weight excluding hydrogens is 408 g/mol. The van der Waals surface area contributed by atoms with Gasteiger partial charge in [-0.2, -0.15) is 0 Å². The number of esters is 1. The lowest BCUT2D eigenvalue weighted by Crippen LogP contribution is -2.45. The molecule has 158 valence electrons. The molecule has 0 radical (unpaired) electrons. The third-order valence-corrected chi connectivity index (χ3v) is 5.00. The van der Waals surface area contributed by atoms with E-state index < -0.39 is 18.0 Å². The van der Waals surface area contributed by atoms with E-state index in [2.05, 4.69) is 10.6 Å². The number of halogens is 1. The lowest BCUT2D eigenvalue weighted by Gasteiger charge is -2.29. The summed E-state index contributed by atoms with van der Waals surface area (Å²) in [6, 6.07) is 11.4. The summed E-state index contributed by atoms with van der Waals surface area (Å²) in [5.74, 6) is 0.349. The molecule has 3 rings (SSSR count). The Hall–Kier alpha value is -3.19. The van der Waals surface area contributed by atoms with E-state index in [0.717, 1.165) is 5.56 Å². The number of ether oxygens (including phenoxy) is 3. The van der Waals surface area contributed by atoms with Crippen molar-refractivity contribution in [3.05, 3.63) is 69.9 Å². The lowest BCUT2D eigenvalue weighted by molar-refractivity contribution is -0.139. The predicted molar refractivity (Wildman–Crippen MR) is 113 cm³/mol. The number of benzene rings is 2. The minimum atomic E-state index is -0.769. The second-order valence-corrected chi connectivity index (χ2v) is 6.96. The number of hydrogen-bond donors (Lipinski definition) is 2. The zero-order valence-electron chi connectivity index (χ0n) is 17.0. The smallest absolute Gasteiger partial charge is 0.338 e. The van der Waals surface area contributed by atoms with E-state index in [-0.39, 0.29) is 13.2 Å². The molecular formula is C22H23ClN2O5. The van der Waals surface area contributed by atoms with Crippen molar-refractivity contribution in [2.75, 3.05) is 13.7 Å². The van der Waals surface area contributed by atoms with Gasteiger partial charge in [-0.25, -0.2) is 9.59 Å². The van der Waals surface area contributed by atoms with Gasteiger partial charge in [-0.15, -0.1) is 0 Å². The molecule has 0 fully saturated rings. The number of rotatable bonds is 7. The number of methoxy groups -OCH3 is 1. The Balaban J connectivity index is 2.03.